The molecule has 0 spiro atoms. The smallest absolute Gasteiger partial charge is 0.104 e. The number of nitrogens with two attached hydrogens (primary N) is 1. The second-order valence-corrected chi connectivity index (χ2v) is 3.12. The van der Waals surface area contributed by atoms with E-state index in [0.717, 1.165) is 6.42 Å². The predicted molar refractivity (Wildman–Crippen MR) is 42.8 cm³/mol. The number of hydrogen-bond acceptors (Lipinski definition) is 3. The first kappa shape index (κ1) is 7.10. The van der Waals surface area contributed by atoms with Gasteiger partial charge >= 0.3 is 0 Å². The number of rotatable bonds is 1. The molecule has 0 radical (unpaired) electrons. The van der Waals surface area contributed by atoms with Crippen molar-refractivity contribution in [2.45, 2.75) is 13.3 Å². The molecule has 0 aliphatic rings. The Morgan fingerprint density at radius 1 is 1.80 bits per heavy atom. The van der Waals surface area contributed by atoms with Crippen LogP contribution in [0.3, 0.4) is 0 Å². The first-order valence-corrected chi connectivity index (χ1v) is 3.88. The van der Waals surface area contributed by atoms with Crippen molar-refractivity contribution in [1.82, 2.24) is 0 Å². The molecule has 52 valence electrons. The van der Waals surface area contributed by atoms with Gasteiger partial charge in [-0.1, -0.05) is 6.92 Å². The molecule has 3 heteroatoms. The Balaban J connectivity index is 3.07. The maximum absolute atomic E-state index is 8.50. The van der Waals surface area contributed by atoms with E-state index in [9.17, 15) is 0 Å². The lowest BCUT2D eigenvalue weighted by atomic mass is 10.3. The summed E-state index contributed by atoms with van der Waals surface area (Å²) in [4.78, 5) is 1.18. The van der Waals surface area contributed by atoms with Crippen molar-refractivity contribution in [3.8, 4) is 6.07 Å². The van der Waals surface area contributed by atoms with Crippen LogP contribution in [0.5, 0.6) is 0 Å². The minimum Gasteiger partial charge on any atom is -0.389 e. The van der Waals surface area contributed by atoms with Gasteiger partial charge in [0.05, 0.1) is 5.56 Å². The summed E-state index contributed by atoms with van der Waals surface area (Å²) in [5.74, 6) is 0. The standard InChI is InChI=1S/C7H8N2S/c1-2-6-3-5(4-8)7(9)10-6/h3H,2,9H2,1H3. The predicted octanol–water partition coefficient (Wildman–Crippen LogP) is 1.76. The van der Waals surface area contributed by atoms with Crippen LogP contribution >= 0.6 is 11.3 Å². The van der Waals surface area contributed by atoms with Gasteiger partial charge in [-0.2, -0.15) is 5.26 Å². The van der Waals surface area contributed by atoms with Crippen molar-refractivity contribution in [3.05, 3.63) is 16.5 Å². The van der Waals surface area contributed by atoms with Crippen LogP contribution in [-0.2, 0) is 6.42 Å². The van der Waals surface area contributed by atoms with Crippen LogP contribution in [0.25, 0.3) is 0 Å². The lowest BCUT2D eigenvalue weighted by molar-refractivity contribution is 1.18. The van der Waals surface area contributed by atoms with Gasteiger partial charge in [0.15, 0.2) is 0 Å². The van der Waals surface area contributed by atoms with Crippen molar-refractivity contribution in [1.29, 1.82) is 5.26 Å². The van der Waals surface area contributed by atoms with Gasteiger partial charge in [-0.15, -0.1) is 11.3 Å². The molecule has 0 atom stereocenters. The molecule has 0 aliphatic carbocycles. The van der Waals surface area contributed by atoms with Gasteiger partial charge in [0.2, 0.25) is 0 Å². The second-order valence-electron chi connectivity index (χ2n) is 1.96. The van der Waals surface area contributed by atoms with Crippen LogP contribution in [0.4, 0.5) is 5.00 Å². The van der Waals surface area contributed by atoms with Gasteiger partial charge in [-0.05, 0) is 12.5 Å². The Morgan fingerprint density at radius 2 is 2.50 bits per heavy atom. The van der Waals surface area contributed by atoms with Crippen molar-refractivity contribution in [3.63, 3.8) is 0 Å². The minimum atomic E-state index is 0.613. The highest BCUT2D eigenvalue weighted by atomic mass is 32.1. The summed E-state index contributed by atoms with van der Waals surface area (Å²) in [5.41, 5.74) is 6.14. The van der Waals surface area contributed by atoms with E-state index in [1.54, 1.807) is 0 Å². The molecule has 0 saturated heterocycles. The molecule has 1 rings (SSSR count). The van der Waals surface area contributed by atoms with Crippen LogP contribution < -0.4 is 5.73 Å². The van der Waals surface area contributed by atoms with E-state index < -0.39 is 0 Å². The third kappa shape index (κ3) is 1.12. The summed E-state index contributed by atoms with van der Waals surface area (Å²) < 4.78 is 0. The Labute approximate surface area is 63.9 Å². The average Bonchev–Trinajstić information content (AvgIpc) is 2.30. The van der Waals surface area contributed by atoms with Crippen molar-refractivity contribution < 1.29 is 0 Å². The number of nitrogens with zero attached hydrogens (tertiary/aromatic N) is 1. The van der Waals surface area contributed by atoms with Crippen LogP contribution in [-0.4, -0.2) is 0 Å². The SMILES string of the molecule is CCc1cc(C#N)c(N)s1. The number of hydrogen-bond donors (Lipinski definition) is 1. The number of thiophene rings is 1. The third-order valence-corrected chi connectivity index (χ3v) is 2.39. The zero-order valence-electron chi connectivity index (χ0n) is 5.72. The van der Waals surface area contributed by atoms with E-state index in [1.807, 2.05) is 19.1 Å². The van der Waals surface area contributed by atoms with Crippen LogP contribution in [0.2, 0.25) is 0 Å². The molecule has 10 heavy (non-hydrogen) atoms. The van der Waals surface area contributed by atoms with Gasteiger partial charge in [0.25, 0.3) is 0 Å². The topological polar surface area (TPSA) is 49.8 Å². The van der Waals surface area contributed by atoms with Crippen LogP contribution in [0.15, 0.2) is 6.07 Å². The number of aryl methyl sites for hydroxylation is 1. The molecule has 1 heterocycles. The fourth-order valence-electron chi connectivity index (χ4n) is 0.719. The van der Waals surface area contributed by atoms with Crippen molar-refractivity contribution in [2.24, 2.45) is 0 Å². The van der Waals surface area contributed by atoms with E-state index in [2.05, 4.69) is 0 Å². The van der Waals surface area contributed by atoms with Gasteiger partial charge in [0.1, 0.15) is 11.1 Å². The zero-order valence-corrected chi connectivity index (χ0v) is 6.53. The first-order valence-electron chi connectivity index (χ1n) is 3.06. The summed E-state index contributed by atoms with van der Waals surface area (Å²) >= 11 is 1.49. The minimum absolute atomic E-state index is 0.613. The molecular formula is C7H8N2S. The van der Waals surface area contributed by atoms with E-state index in [0.29, 0.717) is 10.6 Å². The summed E-state index contributed by atoms with van der Waals surface area (Å²) in [5, 5.41) is 9.14. The monoisotopic (exact) mass is 152 g/mol. The molecule has 2 nitrogen and oxygen atoms in total. The summed E-state index contributed by atoms with van der Waals surface area (Å²) in [6.45, 7) is 2.05. The highest BCUT2D eigenvalue weighted by molar-refractivity contribution is 7.16. The molecule has 0 fully saturated rings. The Morgan fingerprint density at radius 3 is 2.80 bits per heavy atom. The summed E-state index contributed by atoms with van der Waals surface area (Å²) in [6, 6.07) is 3.88. The molecule has 0 unspecified atom stereocenters. The van der Waals surface area contributed by atoms with Gasteiger partial charge in [-0.25, -0.2) is 0 Å². The maximum Gasteiger partial charge on any atom is 0.104 e. The molecule has 0 saturated carbocycles. The van der Waals surface area contributed by atoms with Gasteiger partial charge in [-0.3, -0.25) is 0 Å². The summed E-state index contributed by atoms with van der Waals surface area (Å²) in [7, 11) is 0. The fourth-order valence-corrected chi connectivity index (χ4v) is 1.54. The number of nitrogen functional groups attached to an aromatic ring is 1. The largest absolute Gasteiger partial charge is 0.389 e. The lowest BCUT2D eigenvalue weighted by Crippen LogP contribution is -1.80. The first-order chi connectivity index (χ1) is 4.77. The lowest BCUT2D eigenvalue weighted by Gasteiger charge is -1.80. The Hall–Kier alpha value is -1.01. The zero-order chi connectivity index (χ0) is 7.56. The number of nitriles is 1. The molecule has 0 amide bonds. The highest BCUT2D eigenvalue weighted by Crippen LogP contribution is 2.23. The van der Waals surface area contributed by atoms with Crippen molar-refractivity contribution in [2.75, 3.05) is 5.73 Å². The second kappa shape index (κ2) is 2.72. The Kier molecular flexibility index (Phi) is 1.93. The molecule has 0 aromatic carbocycles. The average molecular weight is 152 g/mol. The highest BCUT2D eigenvalue weighted by Gasteiger charge is 2.02. The van der Waals surface area contributed by atoms with Gasteiger partial charge in [0, 0.05) is 4.88 Å². The molecular weight excluding hydrogens is 144 g/mol. The molecule has 2 N–H and O–H groups in total. The summed E-state index contributed by atoms with van der Waals surface area (Å²) in [6.07, 6.45) is 0.955. The molecule has 0 bridgehead atoms. The van der Waals surface area contributed by atoms with E-state index in [-0.39, 0.29) is 0 Å². The van der Waals surface area contributed by atoms with Crippen LogP contribution in [0.1, 0.15) is 17.4 Å². The molecule has 1 aromatic heterocycles. The van der Waals surface area contributed by atoms with Crippen LogP contribution in [0, 0.1) is 11.3 Å². The van der Waals surface area contributed by atoms with Gasteiger partial charge < -0.3 is 5.73 Å². The van der Waals surface area contributed by atoms with Crippen molar-refractivity contribution >= 4 is 16.3 Å². The molecule has 1 aromatic rings. The Bertz CT molecular complexity index is 270. The van der Waals surface area contributed by atoms with E-state index in [4.69, 9.17) is 11.0 Å². The number of anilines is 1. The normalized spacial score (nSPS) is 9.20. The maximum atomic E-state index is 8.50. The van der Waals surface area contributed by atoms with E-state index >= 15 is 0 Å². The van der Waals surface area contributed by atoms with E-state index in [1.165, 1.54) is 16.2 Å². The quantitative estimate of drug-likeness (QED) is 0.666. The molecule has 0 aliphatic heterocycles. The fraction of sp³-hybridized carbons (Fsp3) is 0.286. The third-order valence-electron chi connectivity index (χ3n) is 1.28.